The molecule has 3 heteroatoms. The van der Waals surface area contributed by atoms with Gasteiger partial charge < -0.3 is 5.32 Å². The standard InChI is InChI=1S/C14H19NOS/c1-2-9-3-6-12-10(7-9)8-13(17-12)14(16)15-11-4-5-11/h8-9,11H,2-7H2,1H3,(H,15,16)/t9-/m0/s1. The molecule has 2 aliphatic carbocycles. The van der Waals surface area contributed by atoms with Crippen LogP contribution in [0.5, 0.6) is 0 Å². The van der Waals surface area contributed by atoms with Crippen molar-refractivity contribution < 1.29 is 4.79 Å². The summed E-state index contributed by atoms with van der Waals surface area (Å²) in [6, 6.07) is 2.60. The lowest BCUT2D eigenvalue weighted by atomic mass is 9.87. The quantitative estimate of drug-likeness (QED) is 0.876. The third kappa shape index (κ3) is 2.39. The first-order valence-corrected chi connectivity index (χ1v) is 7.50. The van der Waals surface area contributed by atoms with Gasteiger partial charge in [-0.3, -0.25) is 4.79 Å². The van der Waals surface area contributed by atoms with Gasteiger partial charge in [0, 0.05) is 10.9 Å². The van der Waals surface area contributed by atoms with Crippen LogP contribution in [0.2, 0.25) is 0 Å². The molecule has 0 radical (unpaired) electrons. The molecule has 0 saturated heterocycles. The predicted octanol–water partition coefficient (Wildman–Crippen LogP) is 3.16. The molecular weight excluding hydrogens is 230 g/mol. The minimum Gasteiger partial charge on any atom is -0.349 e. The lowest BCUT2D eigenvalue weighted by molar-refractivity contribution is 0.0955. The number of carbonyl (C=O) groups excluding carboxylic acids is 1. The first-order chi connectivity index (χ1) is 8.26. The maximum Gasteiger partial charge on any atom is 0.261 e. The van der Waals surface area contributed by atoms with E-state index in [4.69, 9.17) is 0 Å². The summed E-state index contributed by atoms with van der Waals surface area (Å²) in [5.74, 6) is 0.983. The van der Waals surface area contributed by atoms with Gasteiger partial charge in [-0.2, -0.15) is 0 Å². The Hall–Kier alpha value is -0.830. The van der Waals surface area contributed by atoms with Crippen molar-refractivity contribution in [3.63, 3.8) is 0 Å². The Labute approximate surface area is 106 Å². The maximum atomic E-state index is 12.0. The highest BCUT2D eigenvalue weighted by atomic mass is 32.1. The number of hydrogen-bond acceptors (Lipinski definition) is 2. The van der Waals surface area contributed by atoms with Gasteiger partial charge in [-0.05, 0) is 49.7 Å². The van der Waals surface area contributed by atoms with E-state index in [2.05, 4.69) is 18.3 Å². The molecule has 0 spiro atoms. The molecule has 2 nitrogen and oxygen atoms in total. The molecule has 17 heavy (non-hydrogen) atoms. The third-order valence-corrected chi connectivity index (χ3v) is 5.13. The van der Waals surface area contributed by atoms with Crippen molar-refractivity contribution in [2.75, 3.05) is 0 Å². The molecular formula is C14H19NOS. The van der Waals surface area contributed by atoms with Gasteiger partial charge in [-0.1, -0.05) is 13.3 Å². The number of aryl methyl sites for hydroxylation is 1. The van der Waals surface area contributed by atoms with Crippen molar-refractivity contribution in [1.29, 1.82) is 0 Å². The lowest BCUT2D eigenvalue weighted by Crippen LogP contribution is -2.24. The molecule has 1 amide bonds. The summed E-state index contributed by atoms with van der Waals surface area (Å²) >= 11 is 1.71. The average Bonchev–Trinajstić information content (AvgIpc) is 3.04. The van der Waals surface area contributed by atoms with Gasteiger partial charge in [0.05, 0.1) is 4.88 Å². The smallest absolute Gasteiger partial charge is 0.261 e. The van der Waals surface area contributed by atoms with Crippen LogP contribution in [0.1, 0.15) is 52.7 Å². The summed E-state index contributed by atoms with van der Waals surface area (Å²) in [5, 5.41) is 3.08. The lowest BCUT2D eigenvalue weighted by Gasteiger charge is -2.19. The summed E-state index contributed by atoms with van der Waals surface area (Å²) in [6.07, 6.45) is 7.24. The zero-order valence-electron chi connectivity index (χ0n) is 10.3. The van der Waals surface area contributed by atoms with E-state index in [1.165, 1.54) is 36.1 Å². The first-order valence-electron chi connectivity index (χ1n) is 6.68. The Morgan fingerprint density at radius 3 is 3.00 bits per heavy atom. The van der Waals surface area contributed by atoms with E-state index in [0.717, 1.165) is 23.6 Å². The molecule has 1 atom stereocenters. The fourth-order valence-corrected chi connectivity index (χ4v) is 3.66. The fraction of sp³-hybridized carbons (Fsp3) is 0.643. The topological polar surface area (TPSA) is 29.1 Å². The van der Waals surface area contributed by atoms with Crippen LogP contribution in [-0.4, -0.2) is 11.9 Å². The van der Waals surface area contributed by atoms with Crippen LogP contribution < -0.4 is 5.32 Å². The normalized spacial score (nSPS) is 23.2. The van der Waals surface area contributed by atoms with Gasteiger partial charge >= 0.3 is 0 Å². The molecule has 0 bridgehead atoms. The van der Waals surface area contributed by atoms with E-state index in [0.29, 0.717) is 6.04 Å². The Morgan fingerprint density at radius 1 is 1.47 bits per heavy atom. The summed E-state index contributed by atoms with van der Waals surface area (Å²) in [7, 11) is 0. The summed E-state index contributed by atoms with van der Waals surface area (Å²) in [6.45, 7) is 2.27. The second-order valence-electron chi connectivity index (χ2n) is 5.32. The molecule has 92 valence electrons. The van der Waals surface area contributed by atoms with Crippen molar-refractivity contribution in [2.24, 2.45) is 5.92 Å². The number of fused-ring (bicyclic) bond motifs is 1. The molecule has 1 aromatic heterocycles. The fourth-order valence-electron chi connectivity index (χ4n) is 2.54. The molecule has 1 N–H and O–H groups in total. The summed E-state index contributed by atoms with van der Waals surface area (Å²) in [5.41, 5.74) is 1.44. The van der Waals surface area contributed by atoms with Gasteiger partial charge in [0.2, 0.25) is 0 Å². The highest BCUT2D eigenvalue weighted by Gasteiger charge is 2.26. The summed E-state index contributed by atoms with van der Waals surface area (Å²) in [4.78, 5) is 14.3. The number of nitrogens with one attached hydrogen (secondary N) is 1. The van der Waals surface area contributed by atoms with Crippen molar-refractivity contribution >= 4 is 17.2 Å². The van der Waals surface area contributed by atoms with Gasteiger partial charge in [0.25, 0.3) is 5.91 Å². The second-order valence-corrected chi connectivity index (χ2v) is 6.46. The van der Waals surface area contributed by atoms with E-state index in [-0.39, 0.29) is 5.91 Å². The van der Waals surface area contributed by atoms with E-state index in [1.54, 1.807) is 11.3 Å². The van der Waals surface area contributed by atoms with Crippen molar-refractivity contribution in [3.8, 4) is 0 Å². The summed E-state index contributed by atoms with van der Waals surface area (Å²) < 4.78 is 0. The SMILES string of the molecule is CC[C@H]1CCc2sc(C(=O)NC3CC3)cc2C1. The highest BCUT2D eigenvalue weighted by Crippen LogP contribution is 2.33. The molecule has 2 aliphatic rings. The average molecular weight is 249 g/mol. The molecule has 1 aromatic rings. The van der Waals surface area contributed by atoms with Crippen molar-refractivity contribution in [2.45, 2.75) is 51.5 Å². The minimum absolute atomic E-state index is 0.153. The van der Waals surface area contributed by atoms with Crippen molar-refractivity contribution in [3.05, 3.63) is 21.4 Å². The third-order valence-electron chi connectivity index (χ3n) is 3.90. The van der Waals surface area contributed by atoms with Gasteiger partial charge in [-0.25, -0.2) is 0 Å². The van der Waals surface area contributed by atoms with Crippen LogP contribution in [-0.2, 0) is 12.8 Å². The van der Waals surface area contributed by atoms with E-state index >= 15 is 0 Å². The highest BCUT2D eigenvalue weighted by molar-refractivity contribution is 7.14. The van der Waals surface area contributed by atoms with Crippen LogP contribution in [0.15, 0.2) is 6.07 Å². The van der Waals surface area contributed by atoms with Crippen LogP contribution >= 0.6 is 11.3 Å². The van der Waals surface area contributed by atoms with Crippen LogP contribution in [0.3, 0.4) is 0 Å². The molecule has 1 heterocycles. The maximum absolute atomic E-state index is 12.0. The Balaban J connectivity index is 1.74. The van der Waals surface area contributed by atoms with Crippen LogP contribution in [0.4, 0.5) is 0 Å². The van der Waals surface area contributed by atoms with Crippen LogP contribution in [0, 0.1) is 5.92 Å². The first kappa shape index (κ1) is 11.3. The number of rotatable bonds is 3. The molecule has 0 unspecified atom stereocenters. The molecule has 0 aromatic carbocycles. The number of amides is 1. The zero-order valence-corrected chi connectivity index (χ0v) is 11.1. The monoisotopic (exact) mass is 249 g/mol. The predicted molar refractivity (Wildman–Crippen MR) is 70.6 cm³/mol. The van der Waals surface area contributed by atoms with E-state index in [9.17, 15) is 4.79 Å². The molecule has 1 fully saturated rings. The molecule has 0 aliphatic heterocycles. The zero-order chi connectivity index (χ0) is 11.8. The van der Waals surface area contributed by atoms with E-state index in [1.807, 2.05) is 0 Å². The van der Waals surface area contributed by atoms with Gasteiger partial charge in [0.15, 0.2) is 0 Å². The molecule has 3 rings (SSSR count). The molecule has 1 saturated carbocycles. The van der Waals surface area contributed by atoms with Crippen LogP contribution in [0.25, 0.3) is 0 Å². The Kier molecular flexibility index (Phi) is 2.95. The van der Waals surface area contributed by atoms with Gasteiger partial charge in [0.1, 0.15) is 0 Å². The number of hydrogen-bond donors (Lipinski definition) is 1. The van der Waals surface area contributed by atoms with Gasteiger partial charge in [-0.15, -0.1) is 11.3 Å². The minimum atomic E-state index is 0.153. The Morgan fingerprint density at radius 2 is 2.29 bits per heavy atom. The number of carbonyl (C=O) groups is 1. The van der Waals surface area contributed by atoms with Crippen molar-refractivity contribution in [1.82, 2.24) is 5.32 Å². The number of thiophene rings is 1. The second kappa shape index (κ2) is 4.45. The largest absolute Gasteiger partial charge is 0.349 e. The Bertz CT molecular complexity index is 433. The van der Waals surface area contributed by atoms with E-state index < -0.39 is 0 Å².